The molecule has 5 heteroatoms. The Morgan fingerprint density at radius 2 is 2.06 bits per heavy atom. The third kappa shape index (κ3) is 2.95. The third-order valence-corrected chi connectivity index (χ3v) is 2.49. The molecule has 0 spiro atoms. The lowest BCUT2D eigenvalue weighted by molar-refractivity contribution is 0.892. The maximum absolute atomic E-state index is 8.55. The second-order valence-corrected chi connectivity index (χ2v) is 3.84. The summed E-state index contributed by atoms with van der Waals surface area (Å²) < 4.78 is 0. The molecule has 5 nitrogen and oxygen atoms in total. The number of benzene rings is 1. The molecule has 1 N–H and O–H groups in total. The first kappa shape index (κ1) is 11.9. The standard InChI is InChI=1S/C13H13N5/c1-18(8-11-5-3-2-4-6-11)13-7-12(15-9-14)16-10-17-13/h2-7,10H,8H2,1H3,(H,15,16,17). The highest BCUT2D eigenvalue weighted by atomic mass is 15.2. The van der Waals surface area contributed by atoms with Crippen LogP contribution in [-0.2, 0) is 6.54 Å². The Hall–Kier alpha value is -2.61. The van der Waals surface area contributed by atoms with Crippen LogP contribution in [0.1, 0.15) is 5.56 Å². The van der Waals surface area contributed by atoms with Gasteiger partial charge in [-0.15, -0.1) is 0 Å². The zero-order chi connectivity index (χ0) is 12.8. The second kappa shape index (κ2) is 5.64. The van der Waals surface area contributed by atoms with E-state index in [4.69, 9.17) is 5.26 Å². The summed E-state index contributed by atoms with van der Waals surface area (Å²) in [6, 6.07) is 11.9. The van der Waals surface area contributed by atoms with Crippen LogP contribution in [0.15, 0.2) is 42.7 Å². The van der Waals surface area contributed by atoms with E-state index < -0.39 is 0 Å². The minimum absolute atomic E-state index is 0.502. The molecule has 90 valence electrons. The molecule has 0 aliphatic rings. The van der Waals surface area contributed by atoms with Gasteiger partial charge in [0.05, 0.1) is 0 Å². The molecule has 18 heavy (non-hydrogen) atoms. The van der Waals surface area contributed by atoms with Crippen molar-refractivity contribution in [2.45, 2.75) is 6.54 Å². The van der Waals surface area contributed by atoms with Crippen molar-refractivity contribution in [1.29, 1.82) is 5.26 Å². The summed E-state index contributed by atoms with van der Waals surface area (Å²) in [7, 11) is 1.95. The lowest BCUT2D eigenvalue weighted by Crippen LogP contribution is -2.17. The van der Waals surface area contributed by atoms with E-state index in [0.717, 1.165) is 12.4 Å². The van der Waals surface area contributed by atoms with Gasteiger partial charge < -0.3 is 4.90 Å². The largest absolute Gasteiger partial charge is 0.355 e. The topological polar surface area (TPSA) is 64.8 Å². The molecule has 0 unspecified atom stereocenters. The average Bonchev–Trinajstić information content (AvgIpc) is 2.40. The van der Waals surface area contributed by atoms with Crippen LogP contribution in [0.5, 0.6) is 0 Å². The summed E-state index contributed by atoms with van der Waals surface area (Å²) in [5.74, 6) is 1.27. The monoisotopic (exact) mass is 239 g/mol. The van der Waals surface area contributed by atoms with E-state index in [2.05, 4.69) is 27.4 Å². The van der Waals surface area contributed by atoms with Gasteiger partial charge >= 0.3 is 0 Å². The number of anilines is 2. The number of hydrogen-bond donors (Lipinski definition) is 1. The van der Waals surface area contributed by atoms with Crippen LogP contribution in [-0.4, -0.2) is 17.0 Å². The van der Waals surface area contributed by atoms with E-state index in [9.17, 15) is 0 Å². The predicted octanol–water partition coefficient (Wildman–Crippen LogP) is 2.01. The SMILES string of the molecule is CN(Cc1ccccc1)c1cc(NC#N)ncn1. The molecule has 0 aliphatic heterocycles. The Bertz CT molecular complexity index is 547. The van der Waals surface area contributed by atoms with Gasteiger partial charge in [-0.25, -0.2) is 9.97 Å². The van der Waals surface area contributed by atoms with Crippen molar-refractivity contribution in [3.05, 3.63) is 48.3 Å². The van der Waals surface area contributed by atoms with Gasteiger partial charge in [-0.05, 0) is 5.56 Å². The van der Waals surface area contributed by atoms with Gasteiger partial charge in [0.2, 0.25) is 0 Å². The molecule has 0 saturated heterocycles. The molecule has 0 fully saturated rings. The van der Waals surface area contributed by atoms with Crippen molar-refractivity contribution >= 4 is 11.6 Å². The van der Waals surface area contributed by atoms with Crippen molar-refractivity contribution in [2.75, 3.05) is 17.3 Å². The Morgan fingerprint density at radius 1 is 1.28 bits per heavy atom. The fourth-order valence-electron chi connectivity index (χ4n) is 1.62. The molecule has 0 aliphatic carbocycles. The molecule has 2 rings (SSSR count). The van der Waals surface area contributed by atoms with Crippen LogP contribution in [0.3, 0.4) is 0 Å². The molecule has 1 aromatic heterocycles. The average molecular weight is 239 g/mol. The van der Waals surface area contributed by atoms with E-state index in [1.165, 1.54) is 11.9 Å². The summed E-state index contributed by atoms with van der Waals surface area (Å²) in [5.41, 5.74) is 1.20. The van der Waals surface area contributed by atoms with Crippen LogP contribution in [0.2, 0.25) is 0 Å². The van der Waals surface area contributed by atoms with E-state index in [-0.39, 0.29) is 0 Å². The molecule has 2 aromatic rings. The zero-order valence-electron chi connectivity index (χ0n) is 10.0. The van der Waals surface area contributed by atoms with Crippen LogP contribution in [0, 0.1) is 11.5 Å². The smallest absolute Gasteiger partial charge is 0.182 e. The highest BCUT2D eigenvalue weighted by molar-refractivity contribution is 5.49. The third-order valence-electron chi connectivity index (χ3n) is 2.49. The molecule has 1 heterocycles. The molecule has 0 saturated carbocycles. The van der Waals surface area contributed by atoms with Crippen LogP contribution < -0.4 is 10.2 Å². The zero-order valence-corrected chi connectivity index (χ0v) is 10.0. The highest BCUT2D eigenvalue weighted by Crippen LogP contribution is 2.14. The first-order valence-electron chi connectivity index (χ1n) is 5.52. The van der Waals surface area contributed by atoms with Gasteiger partial charge in [0.15, 0.2) is 6.19 Å². The minimum Gasteiger partial charge on any atom is -0.355 e. The number of rotatable bonds is 4. The Balaban J connectivity index is 2.11. The number of nitriles is 1. The normalized spacial score (nSPS) is 9.56. The van der Waals surface area contributed by atoms with E-state index in [1.807, 2.05) is 36.3 Å². The Labute approximate surface area is 106 Å². The van der Waals surface area contributed by atoms with Crippen molar-refractivity contribution in [3.8, 4) is 6.19 Å². The van der Waals surface area contributed by atoms with Crippen LogP contribution in [0.25, 0.3) is 0 Å². The number of aromatic nitrogens is 2. The molecule has 0 bridgehead atoms. The minimum atomic E-state index is 0.502. The number of hydrogen-bond acceptors (Lipinski definition) is 5. The van der Waals surface area contributed by atoms with Crippen molar-refractivity contribution in [1.82, 2.24) is 9.97 Å². The maximum Gasteiger partial charge on any atom is 0.182 e. The van der Waals surface area contributed by atoms with Crippen molar-refractivity contribution in [3.63, 3.8) is 0 Å². The van der Waals surface area contributed by atoms with E-state index in [1.54, 1.807) is 6.07 Å². The lowest BCUT2D eigenvalue weighted by atomic mass is 10.2. The summed E-state index contributed by atoms with van der Waals surface area (Å²) in [6.07, 6.45) is 3.28. The van der Waals surface area contributed by atoms with Gasteiger partial charge in [-0.1, -0.05) is 30.3 Å². The maximum atomic E-state index is 8.55. The van der Waals surface area contributed by atoms with Gasteiger partial charge in [0.1, 0.15) is 18.0 Å². The first-order chi connectivity index (χ1) is 8.79. The highest BCUT2D eigenvalue weighted by Gasteiger charge is 2.04. The summed E-state index contributed by atoms with van der Waals surface area (Å²) in [6.45, 7) is 0.754. The second-order valence-electron chi connectivity index (χ2n) is 3.84. The van der Waals surface area contributed by atoms with E-state index in [0.29, 0.717) is 5.82 Å². The quantitative estimate of drug-likeness (QED) is 0.653. The van der Waals surface area contributed by atoms with Crippen molar-refractivity contribution < 1.29 is 0 Å². The molecular formula is C13H13N5. The van der Waals surface area contributed by atoms with E-state index >= 15 is 0 Å². The van der Waals surface area contributed by atoms with Crippen LogP contribution >= 0.6 is 0 Å². The van der Waals surface area contributed by atoms with Gasteiger partial charge in [-0.2, -0.15) is 5.26 Å². The number of nitrogens with zero attached hydrogens (tertiary/aromatic N) is 4. The predicted molar refractivity (Wildman–Crippen MR) is 69.8 cm³/mol. The summed E-state index contributed by atoms with van der Waals surface area (Å²) in [5, 5.41) is 11.0. The van der Waals surface area contributed by atoms with Crippen molar-refractivity contribution in [2.24, 2.45) is 0 Å². The number of nitrogens with one attached hydrogen (secondary N) is 1. The Kier molecular flexibility index (Phi) is 3.72. The summed E-state index contributed by atoms with van der Waals surface area (Å²) >= 11 is 0. The van der Waals surface area contributed by atoms with Gasteiger partial charge in [0.25, 0.3) is 0 Å². The van der Waals surface area contributed by atoms with Gasteiger partial charge in [-0.3, -0.25) is 5.32 Å². The van der Waals surface area contributed by atoms with Crippen LogP contribution in [0.4, 0.5) is 11.6 Å². The molecular weight excluding hydrogens is 226 g/mol. The fourth-order valence-corrected chi connectivity index (χ4v) is 1.62. The first-order valence-corrected chi connectivity index (χ1v) is 5.52. The van der Waals surface area contributed by atoms with Gasteiger partial charge in [0, 0.05) is 19.7 Å². The summed E-state index contributed by atoms with van der Waals surface area (Å²) in [4.78, 5) is 10.1. The molecule has 0 radical (unpaired) electrons. The Morgan fingerprint density at radius 3 is 2.78 bits per heavy atom. The molecule has 0 atom stereocenters. The fraction of sp³-hybridized carbons (Fsp3) is 0.154. The molecule has 0 amide bonds. The lowest BCUT2D eigenvalue weighted by Gasteiger charge is -2.18. The molecule has 1 aromatic carbocycles.